The van der Waals surface area contributed by atoms with Crippen LogP contribution in [0.4, 0.5) is 0 Å². The van der Waals surface area contributed by atoms with Crippen LogP contribution in [0.2, 0.25) is 0 Å². The van der Waals surface area contributed by atoms with Crippen LogP contribution in [0.25, 0.3) is 76.2 Å². The summed E-state index contributed by atoms with van der Waals surface area (Å²) in [5.74, 6) is 0. The van der Waals surface area contributed by atoms with Gasteiger partial charge in [-0.1, -0.05) is 90.8 Å². The number of fused-ring (bicyclic) bond motifs is 9. The summed E-state index contributed by atoms with van der Waals surface area (Å²) in [7, 11) is 0. The Morgan fingerprint density at radius 1 is 0.486 bits per heavy atom. The molecule has 1 heteroatoms. The van der Waals surface area contributed by atoms with Crippen LogP contribution in [-0.2, 0) is 0 Å². The third-order valence-corrected chi connectivity index (χ3v) is 6.47. The highest BCUT2D eigenvalue weighted by atomic mass is 16.3. The standard InChI is InChI=1S/C34H20O/c1-2-8-24-19-30-25(18-23(24)7-1)14-12-22-13-15-26(20-29(22)30)28-10-5-11-31-34(28)33-27-9-4-3-6-21(27)16-17-32(33)35-31/h1-20H/i1D,2D,7D,8D,12D,13D,14D,15D,18D,19D,20D. The van der Waals surface area contributed by atoms with E-state index < -0.39 is 54.4 Å². The number of furan rings is 1. The Hall–Kier alpha value is -4.62. The minimum Gasteiger partial charge on any atom is -0.456 e. The van der Waals surface area contributed by atoms with Gasteiger partial charge in [0.2, 0.25) is 0 Å². The molecular weight excluding hydrogens is 424 g/mol. The van der Waals surface area contributed by atoms with Crippen molar-refractivity contribution in [3.63, 3.8) is 0 Å². The molecule has 1 aromatic heterocycles. The van der Waals surface area contributed by atoms with E-state index in [9.17, 15) is 2.74 Å². The summed E-state index contributed by atoms with van der Waals surface area (Å²) in [5, 5.41) is 2.03. The van der Waals surface area contributed by atoms with E-state index in [-0.39, 0.29) is 50.0 Å². The molecule has 35 heavy (non-hydrogen) atoms. The van der Waals surface area contributed by atoms with Crippen molar-refractivity contribution < 1.29 is 19.5 Å². The van der Waals surface area contributed by atoms with Crippen LogP contribution in [0.1, 0.15) is 15.1 Å². The summed E-state index contributed by atoms with van der Waals surface area (Å²) in [6, 6.07) is 11.5. The highest BCUT2D eigenvalue weighted by Crippen LogP contribution is 2.41. The van der Waals surface area contributed by atoms with Gasteiger partial charge in [0.15, 0.2) is 0 Å². The van der Waals surface area contributed by atoms with Gasteiger partial charge in [0.1, 0.15) is 11.2 Å². The van der Waals surface area contributed by atoms with Crippen LogP contribution < -0.4 is 0 Å². The Morgan fingerprint density at radius 2 is 1.26 bits per heavy atom. The van der Waals surface area contributed by atoms with E-state index in [0.29, 0.717) is 22.1 Å². The Morgan fingerprint density at radius 3 is 2.20 bits per heavy atom. The van der Waals surface area contributed by atoms with Crippen LogP contribution in [0.3, 0.4) is 0 Å². The fraction of sp³-hybridized carbons (Fsp3) is 0. The molecule has 162 valence electrons. The fourth-order valence-corrected chi connectivity index (χ4v) is 4.90. The van der Waals surface area contributed by atoms with Gasteiger partial charge >= 0.3 is 0 Å². The predicted molar refractivity (Wildman–Crippen MR) is 149 cm³/mol. The van der Waals surface area contributed by atoms with Crippen molar-refractivity contribution in [1.29, 1.82) is 0 Å². The van der Waals surface area contributed by atoms with Gasteiger partial charge in [-0.3, -0.25) is 0 Å². The van der Waals surface area contributed by atoms with Crippen LogP contribution in [0, 0.1) is 0 Å². The first-order chi connectivity index (χ1) is 22.0. The average molecular weight is 456 g/mol. The Balaban J connectivity index is 1.64. The molecule has 0 radical (unpaired) electrons. The zero-order chi connectivity index (χ0) is 32.5. The molecule has 0 aliphatic heterocycles. The molecule has 0 N–H and O–H groups in total. The minimum absolute atomic E-state index is 0.0400. The van der Waals surface area contributed by atoms with Crippen LogP contribution >= 0.6 is 0 Å². The second-order valence-electron chi connectivity index (χ2n) is 8.44. The molecule has 8 aromatic rings. The first kappa shape index (κ1) is 11.2. The van der Waals surface area contributed by atoms with Gasteiger partial charge in [0.25, 0.3) is 0 Å². The van der Waals surface area contributed by atoms with E-state index in [4.69, 9.17) is 16.8 Å². The molecule has 0 unspecified atom stereocenters. The van der Waals surface area contributed by atoms with Crippen LogP contribution in [-0.4, -0.2) is 0 Å². The molecule has 7 aromatic carbocycles. The second kappa shape index (κ2) is 6.94. The van der Waals surface area contributed by atoms with Crippen molar-refractivity contribution in [3.05, 3.63) is 121 Å². The van der Waals surface area contributed by atoms with Crippen molar-refractivity contribution in [1.82, 2.24) is 0 Å². The van der Waals surface area contributed by atoms with Gasteiger partial charge < -0.3 is 4.42 Å². The first-order valence-electron chi connectivity index (χ1n) is 16.6. The lowest BCUT2D eigenvalue weighted by Gasteiger charge is -2.10. The number of hydrogen-bond acceptors (Lipinski definition) is 1. The van der Waals surface area contributed by atoms with Gasteiger partial charge in [-0.25, -0.2) is 0 Å². The molecule has 0 saturated carbocycles. The number of benzene rings is 7. The summed E-state index contributed by atoms with van der Waals surface area (Å²) in [6.45, 7) is 0. The summed E-state index contributed by atoms with van der Waals surface area (Å²) >= 11 is 0. The lowest BCUT2D eigenvalue weighted by Crippen LogP contribution is -1.84. The van der Waals surface area contributed by atoms with Crippen molar-refractivity contribution in [2.24, 2.45) is 0 Å². The van der Waals surface area contributed by atoms with E-state index in [1.54, 1.807) is 18.2 Å². The minimum atomic E-state index is -0.593. The molecule has 1 heterocycles. The van der Waals surface area contributed by atoms with Crippen molar-refractivity contribution in [2.45, 2.75) is 0 Å². The van der Waals surface area contributed by atoms with Crippen molar-refractivity contribution in [2.75, 3.05) is 0 Å². The summed E-state index contributed by atoms with van der Waals surface area (Å²) in [5.41, 5.74) is 1.56. The van der Waals surface area contributed by atoms with Crippen molar-refractivity contribution >= 4 is 65.0 Å². The van der Waals surface area contributed by atoms with E-state index in [2.05, 4.69) is 0 Å². The zero-order valence-electron chi connectivity index (χ0n) is 29.1. The molecule has 0 atom stereocenters. The topological polar surface area (TPSA) is 13.1 Å². The van der Waals surface area contributed by atoms with Gasteiger partial charge in [0.05, 0.1) is 15.1 Å². The van der Waals surface area contributed by atoms with Crippen LogP contribution in [0.5, 0.6) is 0 Å². The molecule has 0 bridgehead atoms. The maximum Gasteiger partial charge on any atom is 0.136 e. The Bertz CT molecular complexity index is 2710. The molecule has 0 aliphatic carbocycles. The monoisotopic (exact) mass is 455 g/mol. The summed E-state index contributed by atoms with van der Waals surface area (Å²) in [4.78, 5) is 0. The van der Waals surface area contributed by atoms with E-state index in [1.807, 2.05) is 36.4 Å². The van der Waals surface area contributed by atoms with Gasteiger partial charge in [-0.05, 0) is 84.5 Å². The first-order valence-corrected chi connectivity index (χ1v) is 11.1. The maximum atomic E-state index is 9.54. The number of hydrogen-bond donors (Lipinski definition) is 0. The van der Waals surface area contributed by atoms with Gasteiger partial charge in [0, 0.05) is 10.8 Å². The lowest BCUT2D eigenvalue weighted by molar-refractivity contribution is 0.669. The van der Waals surface area contributed by atoms with Gasteiger partial charge in [-0.15, -0.1) is 0 Å². The molecular formula is C34H20O. The zero-order valence-corrected chi connectivity index (χ0v) is 18.1. The molecule has 0 saturated heterocycles. The molecule has 1 nitrogen and oxygen atoms in total. The van der Waals surface area contributed by atoms with E-state index >= 15 is 0 Å². The maximum absolute atomic E-state index is 9.54. The third kappa shape index (κ3) is 2.70. The normalized spacial score (nSPS) is 16.4. The SMILES string of the molecule is [2H]c1c([2H])c([2H])c2c([2H])c3c(c([2H])c([2H])c4c([2H])c([2H])c(-c5cccc6oc7ccc8ccccc8c7c56)c([2H])c43)c([2H])c2c1[2H]. The summed E-state index contributed by atoms with van der Waals surface area (Å²) in [6.07, 6.45) is 0. The smallest absolute Gasteiger partial charge is 0.136 e. The molecule has 0 spiro atoms. The highest BCUT2D eigenvalue weighted by Gasteiger charge is 2.15. The average Bonchev–Trinajstić information content (AvgIpc) is 3.44. The Kier molecular flexibility index (Phi) is 2.22. The third-order valence-electron chi connectivity index (χ3n) is 6.47. The molecule has 0 aliphatic rings. The quantitative estimate of drug-likeness (QED) is 0.177. The second-order valence-corrected chi connectivity index (χ2v) is 8.44. The largest absolute Gasteiger partial charge is 0.456 e. The predicted octanol–water partition coefficient (Wildman–Crippen LogP) is 9.87. The van der Waals surface area contributed by atoms with E-state index in [0.717, 1.165) is 16.2 Å². The van der Waals surface area contributed by atoms with Crippen LogP contribution in [0.15, 0.2) is 125 Å². The molecule has 8 rings (SSSR count). The highest BCUT2D eigenvalue weighted by molar-refractivity contribution is 6.23. The summed E-state index contributed by atoms with van der Waals surface area (Å²) < 4.78 is 103. The fourth-order valence-electron chi connectivity index (χ4n) is 4.90. The molecule has 0 fully saturated rings. The van der Waals surface area contributed by atoms with Gasteiger partial charge in [-0.2, -0.15) is 0 Å². The Labute approximate surface area is 217 Å². The van der Waals surface area contributed by atoms with Crippen molar-refractivity contribution in [3.8, 4) is 11.1 Å². The number of rotatable bonds is 1. The lowest BCUT2D eigenvalue weighted by atomic mass is 9.93. The molecule has 0 amide bonds. The van der Waals surface area contributed by atoms with E-state index in [1.165, 1.54) is 0 Å².